The van der Waals surface area contributed by atoms with Gasteiger partial charge < -0.3 is 15.6 Å². The number of amides is 1. The standard InChI is InChI=1S/C19H28FNO4/c1-13(7-10-18(21)22)14(2)25-12-15-8-9-16(17(20)11-15)5-3-4-6-19(23)24/h8-9,11,13-14H,3-7,10,12H2,1-2H3,(H2,21,22)(H,23,24)/t13-,14+/m0/s1. The zero-order valence-electron chi connectivity index (χ0n) is 15.0. The largest absolute Gasteiger partial charge is 0.481 e. The monoisotopic (exact) mass is 353 g/mol. The number of hydrogen-bond donors (Lipinski definition) is 2. The minimum absolute atomic E-state index is 0.0573. The summed E-state index contributed by atoms with van der Waals surface area (Å²) in [4.78, 5) is 21.3. The van der Waals surface area contributed by atoms with Gasteiger partial charge in [-0.15, -0.1) is 0 Å². The third-order valence-corrected chi connectivity index (χ3v) is 4.36. The third kappa shape index (κ3) is 8.63. The number of benzene rings is 1. The zero-order chi connectivity index (χ0) is 18.8. The second kappa shape index (κ2) is 10.8. The molecule has 140 valence electrons. The quantitative estimate of drug-likeness (QED) is 0.563. The maximum Gasteiger partial charge on any atom is 0.303 e. The number of ether oxygens (including phenoxy) is 1. The van der Waals surface area contributed by atoms with Crippen LogP contribution in [-0.2, 0) is 27.4 Å². The van der Waals surface area contributed by atoms with Gasteiger partial charge >= 0.3 is 5.97 Å². The molecule has 0 aliphatic heterocycles. The summed E-state index contributed by atoms with van der Waals surface area (Å²) in [5.74, 6) is -1.25. The van der Waals surface area contributed by atoms with E-state index < -0.39 is 5.97 Å². The molecule has 0 saturated heterocycles. The average molecular weight is 353 g/mol. The molecule has 0 radical (unpaired) electrons. The number of carboxylic acids is 1. The first-order valence-electron chi connectivity index (χ1n) is 8.68. The molecule has 1 aromatic rings. The highest BCUT2D eigenvalue weighted by Crippen LogP contribution is 2.18. The molecule has 0 saturated carbocycles. The third-order valence-electron chi connectivity index (χ3n) is 4.36. The van der Waals surface area contributed by atoms with Crippen molar-refractivity contribution in [3.63, 3.8) is 0 Å². The number of rotatable bonds is 12. The van der Waals surface area contributed by atoms with Crippen LogP contribution in [0.1, 0.15) is 57.1 Å². The average Bonchev–Trinajstić information content (AvgIpc) is 2.55. The van der Waals surface area contributed by atoms with Crippen molar-refractivity contribution in [3.8, 4) is 0 Å². The van der Waals surface area contributed by atoms with Crippen molar-refractivity contribution >= 4 is 11.9 Å². The number of unbranched alkanes of at least 4 members (excludes halogenated alkanes) is 1. The molecule has 3 N–H and O–H groups in total. The first kappa shape index (κ1) is 21.1. The lowest BCUT2D eigenvalue weighted by atomic mass is 10.00. The van der Waals surface area contributed by atoms with Crippen LogP contribution in [0.4, 0.5) is 4.39 Å². The van der Waals surface area contributed by atoms with Crippen LogP contribution < -0.4 is 5.73 Å². The Bertz CT molecular complexity index is 577. The Kier molecular flexibility index (Phi) is 9.13. The summed E-state index contributed by atoms with van der Waals surface area (Å²) in [6.07, 6.45) is 2.77. The summed E-state index contributed by atoms with van der Waals surface area (Å²) in [7, 11) is 0. The molecule has 0 aliphatic carbocycles. The molecular weight excluding hydrogens is 325 g/mol. The molecule has 1 rings (SSSR count). The van der Waals surface area contributed by atoms with Gasteiger partial charge in [0, 0.05) is 12.8 Å². The fraction of sp³-hybridized carbons (Fsp3) is 0.579. The van der Waals surface area contributed by atoms with E-state index in [0.29, 0.717) is 44.3 Å². The SMILES string of the molecule is C[C@@H](CCC(N)=O)[C@@H](C)OCc1ccc(CCCCC(=O)O)c(F)c1. The zero-order valence-corrected chi connectivity index (χ0v) is 15.0. The van der Waals surface area contributed by atoms with Gasteiger partial charge in [0.25, 0.3) is 0 Å². The summed E-state index contributed by atoms with van der Waals surface area (Å²) in [5.41, 5.74) is 6.49. The van der Waals surface area contributed by atoms with Crippen molar-refractivity contribution in [1.29, 1.82) is 0 Å². The van der Waals surface area contributed by atoms with Gasteiger partial charge in [0.2, 0.25) is 5.91 Å². The van der Waals surface area contributed by atoms with E-state index in [1.54, 1.807) is 6.07 Å². The summed E-state index contributed by atoms with van der Waals surface area (Å²) >= 11 is 0. The van der Waals surface area contributed by atoms with E-state index in [1.165, 1.54) is 6.07 Å². The first-order chi connectivity index (χ1) is 11.8. The molecule has 2 atom stereocenters. The Morgan fingerprint density at radius 2 is 1.96 bits per heavy atom. The highest BCUT2D eigenvalue weighted by atomic mass is 19.1. The van der Waals surface area contributed by atoms with Gasteiger partial charge in [-0.05, 0) is 55.7 Å². The molecular formula is C19H28FNO4. The number of nitrogens with two attached hydrogens (primary N) is 1. The van der Waals surface area contributed by atoms with Crippen molar-refractivity contribution in [3.05, 3.63) is 35.1 Å². The molecule has 0 unspecified atom stereocenters. The first-order valence-corrected chi connectivity index (χ1v) is 8.68. The molecule has 25 heavy (non-hydrogen) atoms. The van der Waals surface area contributed by atoms with Gasteiger partial charge in [-0.3, -0.25) is 9.59 Å². The highest BCUT2D eigenvalue weighted by molar-refractivity contribution is 5.73. The van der Waals surface area contributed by atoms with Crippen molar-refractivity contribution in [2.24, 2.45) is 11.7 Å². The number of carbonyl (C=O) groups is 2. The van der Waals surface area contributed by atoms with Gasteiger partial charge in [0.1, 0.15) is 5.82 Å². The highest BCUT2D eigenvalue weighted by Gasteiger charge is 2.14. The van der Waals surface area contributed by atoms with E-state index >= 15 is 0 Å². The number of hydrogen-bond acceptors (Lipinski definition) is 3. The lowest BCUT2D eigenvalue weighted by molar-refractivity contribution is -0.137. The molecule has 5 nitrogen and oxygen atoms in total. The van der Waals surface area contributed by atoms with Crippen LogP contribution in [0.3, 0.4) is 0 Å². The summed E-state index contributed by atoms with van der Waals surface area (Å²) in [6.45, 7) is 4.23. The molecule has 0 aromatic heterocycles. The van der Waals surface area contributed by atoms with Crippen LogP contribution in [0.2, 0.25) is 0 Å². The maximum absolute atomic E-state index is 14.1. The van der Waals surface area contributed by atoms with Crippen molar-refractivity contribution in [2.45, 2.75) is 65.1 Å². The number of halogens is 1. The second-order valence-electron chi connectivity index (χ2n) is 6.53. The van der Waals surface area contributed by atoms with Gasteiger partial charge in [-0.2, -0.15) is 0 Å². The molecule has 0 spiro atoms. The fourth-order valence-corrected chi connectivity index (χ4v) is 2.47. The van der Waals surface area contributed by atoms with E-state index in [9.17, 15) is 14.0 Å². The predicted molar refractivity (Wildman–Crippen MR) is 93.4 cm³/mol. The van der Waals surface area contributed by atoms with Crippen molar-refractivity contribution < 1.29 is 23.8 Å². The number of aryl methyl sites for hydroxylation is 1. The van der Waals surface area contributed by atoms with E-state index in [2.05, 4.69) is 0 Å². The summed E-state index contributed by atoms with van der Waals surface area (Å²) < 4.78 is 19.9. The molecule has 1 amide bonds. The number of primary amides is 1. The van der Waals surface area contributed by atoms with Crippen LogP contribution >= 0.6 is 0 Å². The van der Waals surface area contributed by atoms with E-state index in [-0.39, 0.29) is 30.2 Å². The Morgan fingerprint density at radius 1 is 1.24 bits per heavy atom. The number of carbonyl (C=O) groups excluding carboxylic acids is 1. The van der Waals surface area contributed by atoms with Crippen LogP contribution in [0.5, 0.6) is 0 Å². The second-order valence-corrected chi connectivity index (χ2v) is 6.53. The maximum atomic E-state index is 14.1. The summed E-state index contributed by atoms with van der Waals surface area (Å²) in [6, 6.07) is 5.03. The lowest BCUT2D eigenvalue weighted by Gasteiger charge is -2.20. The molecule has 0 heterocycles. The number of carboxylic acid groups (broad SMARTS) is 1. The van der Waals surface area contributed by atoms with Crippen molar-refractivity contribution in [2.75, 3.05) is 0 Å². The van der Waals surface area contributed by atoms with E-state index in [4.69, 9.17) is 15.6 Å². The molecule has 1 aromatic carbocycles. The van der Waals surface area contributed by atoms with Crippen LogP contribution in [0, 0.1) is 11.7 Å². The van der Waals surface area contributed by atoms with Crippen LogP contribution in [0.15, 0.2) is 18.2 Å². The van der Waals surface area contributed by atoms with Crippen LogP contribution in [-0.4, -0.2) is 23.1 Å². The fourth-order valence-electron chi connectivity index (χ4n) is 2.47. The lowest BCUT2D eigenvalue weighted by Crippen LogP contribution is -2.20. The minimum Gasteiger partial charge on any atom is -0.481 e. The molecule has 0 fully saturated rings. The Labute approximate surface area is 148 Å². The van der Waals surface area contributed by atoms with Gasteiger partial charge in [0.05, 0.1) is 12.7 Å². The molecule has 0 aliphatic rings. The molecule has 0 bridgehead atoms. The van der Waals surface area contributed by atoms with Gasteiger partial charge in [-0.1, -0.05) is 19.1 Å². The van der Waals surface area contributed by atoms with Crippen molar-refractivity contribution in [1.82, 2.24) is 0 Å². The number of aliphatic carboxylic acids is 1. The summed E-state index contributed by atoms with van der Waals surface area (Å²) in [5, 5.41) is 8.59. The predicted octanol–water partition coefficient (Wildman–Crippen LogP) is 3.43. The Hall–Kier alpha value is -1.95. The van der Waals surface area contributed by atoms with E-state index in [1.807, 2.05) is 19.9 Å². The Morgan fingerprint density at radius 3 is 2.56 bits per heavy atom. The normalized spacial score (nSPS) is 13.4. The van der Waals surface area contributed by atoms with Gasteiger partial charge in [-0.25, -0.2) is 4.39 Å². The minimum atomic E-state index is -0.827. The van der Waals surface area contributed by atoms with E-state index in [0.717, 1.165) is 5.56 Å². The topological polar surface area (TPSA) is 89.6 Å². The Balaban J connectivity index is 2.43. The smallest absolute Gasteiger partial charge is 0.303 e. The molecule has 6 heteroatoms. The van der Waals surface area contributed by atoms with Crippen LogP contribution in [0.25, 0.3) is 0 Å². The van der Waals surface area contributed by atoms with Gasteiger partial charge in [0.15, 0.2) is 0 Å².